The van der Waals surface area contributed by atoms with E-state index in [4.69, 9.17) is 0 Å². The van der Waals surface area contributed by atoms with Gasteiger partial charge in [0, 0.05) is 0 Å². The predicted molar refractivity (Wildman–Crippen MR) is 83.0 cm³/mol. The predicted octanol–water partition coefficient (Wildman–Crippen LogP) is 6.73. The Morgan fingerprint density at radius 1 is 0.556 bits per heavy atom. The second-order valence-electron chi connectivity index (χ2n) is 6.52. The fourth-order valence-electron chi connectivity index (χ4n) is 3.20. The second kappa shape index (κ2) is 10.9. The van der Waals surface area contributed by atoms with Crippen LogP contribution in [0, 0.1) is 11.8 Å². The van der Waals surface area contributed by atoms with Crippen molar-refractivity contribution in [3.63, 3.8) is 0 Å². The Labute approximate surface area is 116 Å². The Balaban J connectivity index is 1.72. The van der Waals surface area contributed by atoms with E-state index in [1.165, 1.54) is 77.0 Å². The van der Waals surface area contributed by atoms with Crippen molar-refractivity contribution >= 4 is 0 Å². The average molecular weight is 252 g/mol. The molecule has 0 spiro atoms. The van der Waals surface area contributed by atoms with Crippen LogP contribution in [-0.2, 0) is 0 Å². The summed E-state index contributed by atoms with van der Waals surface area (Å²) in [6.45, 7) is 4.61. The van der Waals surface area contributed by atoms with Crippen molar-refractivity contribution in [3.8, 4) is 0 Å². The molecule has 0 heterocycles. The van der Waals surface area contributed by atoms with Gasteiger partial charge in [-0.1, -0.05) is 97.3 Å². The van der Waals surface area contributed by atoms with Gasteiger partial charge in [-0.05, 0) is 18.3 Å². The van der Waals surface area contributed by atoms with E-state index >= 15 is 0 Å². The zero-order valence-electron chi connectivity index (χ0n) is 13.1. The van der Waals surface area contributed by atoms with E-state index in [-0.39, 0.29) is 0 Å². The van der Waals surface area contributed by atoms with Gasteiger partial charge in [0.2, 0.25) is 0 Å². The van der Waals surface area contributed by atoms with E-state index in [0.717, 1.165) is 11.8 Å². The number of unbranched alkanes of at least 4 members (excludes halogenated alkanes) is 9. The third-order valence-corrected chi connectivity index (χ3v) is 4.68. The molecule has 0 aliphatic heterocycles. The summed E-state index contributed by atoms with van der Waals surface area (Å²) >= 11 is 0. The van der Waals surface area contributed by atoms with Gasteiger partial charge in [-0.15, -0.1) is 0 Å². The van der Waals surface area contributed by atoms with Gasteiger partial charge in [-0.3, -0.25) is 0 Å². The highest BCUT2D eigenvalue weighted by molar-refractivity contribution is 4.85. The molecule has 0 amide bonds. The molecule has 2 atom stereocenters. The topological polar surface area (TPSA) is 0 Å². The van der Waals surface area contributed by atoms with Crippen molar-refractivity contribution in [2.24, 2.45) is 11.8 Å². The van der Waals surface area contributed by atoms with Gasteiger partial charge in [0.25, 0.3) is 0 Å². The Morgan fingerprint density at radius 2 is 1.00 bits per heavy atom. The summed E-state index contributed by atoms with van der Waals surface area (Å²) in [6, 6.07) is 0. The smallest absolute Gasteiger partial charge is 0.0383 e. The van der Waals surface area contributed by atoms with Crippen molar-refractivity contribution < 1.29 is 0 Å². The molecule has 0 radical (unpaired) electrons. The fraction of sp³-hybridized carbons (Fsp3) is 1.00. The summed E-state index contributed by atoms with van der Waals surface area (Å²) in [5.74, 6) is 2.28. The molecule has 0 aromatic heterocycles. The zero-order valence-corrected chi connectivity index (χ0v) is 13.1. The molecule has 18 heavy (non-hydrogen) atoms. The molecule has 1 fully saturated rings. The third kappa shape index (κ3) is 8.16. The van der Waals surface area contributed by atoms with Crippen LogP contribution in [0.25, 0.3) is 0 Å². The normalized spacial score (nSPS) is 22.3. The summed E-state index contributed by atoms with van der Waals surface area (Å²) in [4.78, 5) is 0. The van der Waals surface area contributed by atoms with Crippen LogP contribution < -0.4 is 0 Å². The van der Waals surface area contributed by atoms with E-state index in [1.807, 2.05) is 0 Å². The van der Waals surface area contributed by atoms with Crippen molar-refractivity contribution in [3.05, 3.63) is 0 Å². The number of hydrogen-bond donors (Lipinski definition) is 0. The first-order valence-electron chi connectivity index (χ1n) is 8.88. The van der Waals surface area contributed by atoms with E-state index in [1.54, 1.807) is 12.8 Å². The molecule has 108 valence electrons. The molecule has 1 aliphatic carbocycles. The molecule has 1 aliphatic rings. The van der Waals surface area contributed by atoms with E-state index < -0.39 is 0 Å². The van der Waals surface area contributed by atoms with Gasteiger partial charge in [-0.25, -0.2) is 0 Å². The summed E-state index contributed by atoms with van der Waals surface area (Å²) < 4.78 is 0. The SMILES string of the molecule is CCCCCCCCCCC[C@@H]1C[C@@H]1CCCC. The molecule has 0 heteroatoms. The minimum absolute atomic E-state index is 1.14. The monoisotopic (exact) mass is 252 g/mol. The largest absolute Gasteiger partial charge is 0.0654 e. The summed E-state index contributed by atoms with van der Waals surface area (Å²) in [5, 5.41) is 0. The first-order valence-corrected chi connectivity index (χ1v) is 8.88. The van der Waals surface area contributed by atoms with Crippen LogP contribution in [0.3, 0.4) is 0 Å². The van der Waals surface area contributed by atoms with E-state index in [9.17, 15) is 0 Å². The maximum absolute atomic E-state index is 2.32. The van der Waals surface area contributed by atoms with Gasteiger partial charge in [0.15, 0.2) is 0 Å². The van der Waals surface area contributed by atoms with Crippen LogP contribution in [0.1, 0.15) is 104 Å². The van der Waals surface area contributed by atoms with Crippen molar-refractivity contribution in [2.45, 2.75) is 104 Å². The van der Waals surface area contributed by atoms with Crippen LogP contribution in [0.5, 0.6) is 0 Å². The molecule has 0 aromatic carbocycles. The van der Waals surface area contributed by atoms with Crippen molar-refractivity contribution in [1.29, 1.82) is 0 Å². The third-order valence-electron chi connectivity index (χ3n) is 4.68. The molecule has 0 N–H and O–H groups in total. The first-order chi connectivity index (χ1) is 8.88. The standard InChI is InChI=1S/C18H36/c1-3-5-7-8-9-10-11-12-13-15-18-16-17(18)14-6-4-2/h17-18H,3-16H2,1-2H3/t17-,18+/m0/s1. The quantitative estimate of drug-likeness (QED) is 0.319. The molecular weight excluding hydrogens is 216 g/mol. The minimum atomic E-state index is 1.14. The van der Waals surface area contributed by atoms with E-state index in [2.05, 4.69) is 13.8 Å². The molecule has 1 saturated carbocycles. The maximum atomic E-state index is 2.32. The lowest BCUT2D eigenvalue weighted by Crippen LogP contribution is -1.86. The van der Waals surface area contributed by atoms with Gasteiger partial charge in [0.05, 0.1) is 0 Å². The minimum Gasteiger partial charge on any atom is -0.0654 e. The summed E-state index contributed by atoms with van der Waals surface area (Å²) in [7, 11) is 0. The fourth-order valence-corrected chi connectivity index (χ4v) is 3.20. The lowest BCUT2D eigenvalue weighted by molar-refractivity contribution is 0.521. The average Bonchev–Trinajstić information content (AvgIpc) is 3.13. The molecular formula is C18H36. The van der Waals surface area contributed by atoms with Crippen LogP contribution in [-0.4, -0.2) is 0 Å². The second-order valence-corrected chi connectivity index (χ2v) is 6.52. The molecule has 0 unspecified atom stereocenters. The Hall–Kier alpha value is 0. The Bertz CT molecular complexity index is 173. The van der Waals surface area contributed by atoms with Crippen LogP contribution in [0.15, 0.2) is 0 Å². The summed E-state index contributed by atoms with van der Waals surface area (Å²) in [6.07, 6.45) is 20.8. The van der Waals surface area contributed by atoms with Crippen LogP contribution >= 0.6 is 0 Å². The Morgan fingerprint density at radius 3 is 1.56 bits per heavy atom. The maximum Gasteiger partial charge on any atom is -0.0383 e. The number of rotatable bonds is 13. The Kier molecular flexibility index (Phi) is 9.70. The lowest BCUT2D eigenvalue weighted by atomic mass is 10.0. The molecule has 1 rings (SSSR count). The molecule has 0 bridgehead atoms. The van der Waals surface area contributed by atoms with Gasteiger partial charge < -0.3 is 0 Å². The first kappa shape index (κ1) is 16.1. The zero-order chi connectivity index (χ0) is 13.1. The molecule has 0 saturated heterocycles. The van der Waals surface area contributed by atoms with Gasteiger partial charge >= 0.3 is 0 Å². The molecule has 0 nitrogen and oxygen atoms in total. The number of hydrogen-bond acceptors (Lipinski definition) is 0. The highest BCUT2D eigenvalue weighted by Gasteiger charge is 2.34. The summed E-state index contributed by atoms with van der Waals surface area (Å²) in [5.41, 5.74) is 0. The van der Waals surface area contributed by atoms with Gasteiger partial charge in [0.1, 0.15) is 0 Å². The molecule has 0 aromatic rings. The highest BCUT2D eigenvalue weighted by atomic mass is 14.4. The van der Waals surface area contributed by atoms with Gasteiger partial charge in [-0.2, -0.15) is 0 Å². The van der Waals surface area contributed by atoms with Crippen LogP contribution in [0.2, 0.25) is 0 Å². The lowest BCUT2D eigenvalue weighted by Gasteiger charge is -2.02. The van der Waals surface area contributed by atoms with Crippen molar-refractivity contribution in [1.82, 2.24) is 0 Å². The van der Waals surface area contributed by atoms with E-state index in [0.29, 0.717) is 0 Å². The van der Waals surface area contributed by atoms with Crippen molar-refractivity contribution in [2.75, 3.05) is 0 Å². The van der Waals surface area contributed by atoms with Crippen LogP contribution in [0.4, 0.5) is 0 Å². The highest BCUT2D eigenvalue weighted by Crippen LogP contribution is 2.45.